The summed E-state index contributed by atoms with van der Waals surface area (Å²) in [5, 5.41) is 7.25. The molecule has 0 unspecified atom stereocenters. The Balaban J connectivity index is 1.65. The van der Waals surface area contributed by atoms with Gasteiger partial charge in [-0.15, -0.1) is 0 Å². The van der Waals surface area contributed by atoms with Crippen LogP contribution in [0.25, 0.3) is 11.4 Å². The van der Waals surface area contributed by atoms with Gasteiger partial charge >= 0.3 is 0 Å². The molecule has 3 aromatic rings. The molecular formula is C19H19ClN4O3. The summed E-state index contributed by atoms with van der Waals surface area (Å²) in [7, 11) is 0. The predicted octanol–water partition coefficient (Wildman–Crippen LogP) is 3.45. The molecule has 7 nitrogen and oxygen atoms in total. The fourth-order valence-corrected chi connectivity index (χ4v) is 2.80. The van der Waals surface area contributed by atoms with E-state index >= 15 is 0 Å². The van der Waals surface area contributed by atoms with E-state index in [-0.39, 0.29) is 30.1 Å². The van der Waals surface area contributed by atoms with E-state index in [1.54, 1.807) is 34.9 Å². The van der Waals surface area contributed by atoms with Crippen LogP contribution in [0.4, 0.5) is 5.69 Å². The zero-order chi connectivity index (χ0) is 19.4. The molecule has 27 heavy (non-hydrogen) atoms. The molecule has 0 fully saturated rings. The Bertz CT molecular complexity index is 1010. The number of hydrogen-bond donors (Lipinski definition) is 1. The molecule has 0 spiro atoms. The molecule has 0 saturated carbocycles. The van der Waals surface area contributed by atoms with Crippen LogP contribution in [0.3, 0.4) is 0 Å². The van der Waals surface area contributed by atoms with Gasteiger partial charge in [0.15, 0.2) is 0 Å². The molecule has 0 aliphatic heterocycles. The average molecular weight is 387 g/mol. The largest absolute Gasteiger partial charge is 0.339 e. The van der Waals surface area contributed by atoms with Crippen molar-refractivity contribution in [2.75, 3.05) is 5.32 Å². The maximum Gasteiger partial charge on any atom is 0.261 e. The summed E-state index contributed by atoms with van der Waals surface area (Å²) in [6.07, 6.45) is 0.456. The lowest BCUT2D eigenvalue weighted by atomic mass is 10.2. The van der Waals surface area contributed by atoms with Gasteiger partial charge in [0, 0.05) is 35.8 Å². The van der Waals surface area contributed by atoms with Gasteiger partial charge in [-0.3, -0.25) is 9.59 Å². The van der Waals surface area contributed by atoms with E-state index in [2.05, 4.69) is 15.5 Å². The van der Waals surface area contributed by atoms with Gasteiger partial charge in [-0.1, -0.05) is 16.8 Å². The Hall–Kier alpha value is -2.93. The quantitative estimate of drug-likeness (QED) is 0.700. The number of pyridine rings is 1. The standard InChI is InChI=1S/C19H19ClN4O3/c1-3-24-12(2)4-9-15(19(24)26)18-22-17(27-23-18)11-10-16(25)21-14-7-5-13(20)6-8-14/h4-9H,3,10-11H2,1-2H3,(H,21,25). The molecule has 1 N–H and O–H groups in total. The number of anilines is 1. The van der Waals surface area contributed by atoms with Gasteiger partial charge in [-0.25, -0.2) is 0 Å². The Morgan fingerprint density at radius 1 is 1.22 bits per heavy atom. The fourth-order valence-electron chi connectivity index (χ4n) is 2.68. The van der Waals surface area contributed by atoms with Crippen LogP contribution in [0.15, 0.2) is 45.7 Å². The third-order valence-electron chi connectivity index (χ3n) is 4.11. The number of rotatable bonds is 6. The van der Waals surface area contributed by atoms with Crippen LogP contribution < -0.4 is 10.9 Å². The Morgan fingerprint density at radius 3 is 2.67 bits per heavy atom. The van der Waals surface area contributed by atoms with Crippen molar-refractivity contribution in [3.8, 4) is 11.4 Å². The fraction of sp³-hybridized carbons (Fsp3) is 0.263. The third-order valence-corrected chi connectivity index (χ3v) is 4.36. The Kier molecular flexibility index (Phi) is 5.71. The molecule has 1 amide bonds. The van der Waals surface area contributed by atoms with Gasteiger partial charge in [0.25, 0.3) is 5.56 Å². The van der Waals surface area contributed by atoms with E-state index in [4.69, 9.17) is 16.1 Å². The van der Waals surface area contributed by atoms with E-state index in [9.17, 15) is 9.59 Å². The summed E-state index contributed by atoms with van der Waals surface area (Å²) in [5.41, 5.74) is 1.75. The number of aryl methyl sites for hydroxylation is 2. The van der Waals surface area contributed by atoms with Gasteiger partial charge in [-0.2, -0.15) is 4.98 Å². The Labute approximate surface area is 161 Å². The molecule has 0 atom stereocenters. The maximum absolute atomic E-state index is 12.5. The van der Waals surface area contributed by atoms with Crippen LogP contribution in [0.5, 0.6) is 0 Å². The van der Waals surface area contributed by atoms with Crippen LogP contribution in [-0.2, 0) is 17.8 Å². The minimum atomic E-state index is -0.180. The number of benzene rings is 1. The zero-order valence-electron chi connectivity index (χ0n) is 15.0. The van der Waals surface area contributed by atoms with Gasteiger partial charge < -0.3 is 14.4 Å². The van der Waals surface area contributed by atoms with Crippen molar-refractivity contribution in [2.45, 2.75) is 33.2 Å². The SMILES string of the molecule is CCn1c(C)ccc(-c2noc(CCC(=O)Nc3ccc(Cl)cc3)n2)c1=O. The summed E-state index contributed by atoms with van der Waals surface area (Å²) >= 11 is 5.82. The van der Waals surface area contributed by atoms with Crippen LogP contribution >= 0.6 is 11.6 Å². The van der Waals surface area contributed by atoms with Gasteiger partial charge in [-0.05, 0) is 50.2 Å². The summed E-state index contributed by atoms with van der Waals surface area (Å²) in [6.45, 7) is 4.34. The van der Waals surface area contributed by atoms with Crippen molar-refractivity contribution < 1.29 is 9.32 Å². The van der Waals surface area contributed by atoms with Crippen molar-refractivity contribution in [2.24, 2.45) is 0 Å². The first kappa shape index (κ1) is 18.8. The van der Waals surface area contributed by atoms with E-state index in [1.165, 1.54) is 0 Å². The summed E-state index contributed by atoms with van der Waals surface area (Å²) in [5.74, 6) is 0.357. The average Bonchev–Trinajstić information content (AvgIpc) is 3.11. The van der Waals surface area contributed by atoms with Crippen LogP contribution in [0.2, 0.25) is 5.02 Å². The van der Waals surface area contributed by atoms with Crippen molar-refractivity contribution >= 4 is 23.2 Å². The molecule has 2 aromatic heterocycles. The van der Waals surface area contributed by atoms with Crippen molar-refractivity contribution in [3.05, 3.63) is 63.4 Å². The van der Waals surface area contributed by atoms with E-state index in [0.717, 1.165) is 5.69 Å². The summed E-state index contributed by atoms with van der Waals surface area (Å²) in [4.78, 5) is 28.8. The minimum absolute atomic E-state index is 0.162. The number of carbonyl (C=O) groups excluding carboxylic acids is 1. The molecule has 0 saturated heterocycles. The lowest BCUT2D eigenvalue weighted by molar-refractivity contribution is -0.116. The number of amides is 1. The molecule has 0 radical (unpaired) electrons. The first-order chi connectivity index (χ1) is 13.0. The maximum atomic E-state index is 12.5. The highest BCUT2D eigenvalue weighted by atomic mass is 35.5. The second kappa shape index (κ2) is 8.18. The molecule has 0 bridgehead atoms. The molecule has 3 rings (SSSR count). The molecular weight excluding hydrogens is 368 g/mol. The highest BCUT2D eigenvalue weighted by molar-refractivity contribution is 6.30. The summed E-state index contributed by atoms with van der Waals surface area (Å²) in [6, 6.07) is 10.4. The van der Waals surface area contributed by atoms with E-state index < -0.39 is 0 Å². The second-order valence-corrected chi connectivity index (χ2v) is 6.44. The molecule has 2 heterocycles. The first-order valence-electron chi connectivity index (χ1n) is 8.56. The van der Waals surface area contributed by atoms with Gasteiger partial charge in [0.05, 0.1) is 5.56 Å². The lowest BCUT2D eigenvalue weighted by Gasteiger charge is -2.07. The number of nitrogens with one attached hydrogen (secondary N) is 1. The van der Waals surface area contributed by atoms with Crippen molar-refractivity contribution in [1.82, 2.24) is 14.7 Å². The van der Waals surface area contributed by atoms with E-state index in [1.807, 2.05) is 19.9 Å². The first-order valence-corrected chi connectivity index (χ1v) is 8.94. The van der Waals surface area contributed by atoms with Crippen LogP contribution in [-0.4, -0.2) is 20.6 Å². The highest BCUT2D eigenvalue weighted by Gasteiger charge is 2.15. The van der Waals surface area contributed by atoms with Crippen molar-refractivity contribution in [1.29, 1.82) is 0 Å². The number of carbonyl (C=O) groups is 1. The highest BCUT2D eigenvalue weighted by Crippen LogP contribution is 2.15. The topological polar surface area (TPSA) is 90.0 Å². The minimum Gasteiger partial charge on any atom is -0.339 e. The van der Waals surface area contributed by atoms with Crippen molar-refractivity contribution in [3.63, 3.8) is 0 Å². The Morgan fingerprint density at radius 2 is 1.96 bits per heavy atom. The molecule has 8 heteroatoms. The lowest BCUT2D eigenvalue weighted by Crippen LogP contribution is -2.23. The summed E-state index contributed by atoms with van der Waals surface area (Å²) < 4.78 is 6.83. The normalized spacial score (nSPS) is 10.8. The van der Waals surface area contributed by atoms with Crippen LogP contribution in [0.1, 0.15) is 24.9 Å². The van der Waals surface area contributed by atoms with E-state index in [0.29, 0.717) is 28.7 Å². The van der Waals surface area contributed by atoms with Gasteiger partial charge in [0.2, 0.25) is 17.6 Å². The smallest absolute Gasteiger partial charge is 0.261 e. The number of hydrogen-bond acceptors (Lipinski definition) is 5. The third kappa shape index (κ3) is 4.43. The number of aromatic nitrogens is 3. The second-order valence-electron chi connectivity index (χ2n) is 6.00. The number of halogens is 1. The monoisotopic (exact) mass is 386 g/mol. The zero-order valence-corrected chi connectivity index (χ0v) is 15.8. The molecule has 1 aromatic carbocycles. The number of nitrogens with zero attached hydrogens (tertiary/aromatic N) is 3. The molecule has 0 aliphatic rings. The predicted molar refractivity (Wildman–Crippen MR) is 103 cm³/mol. The molecule has 140 valence electrons. The van der Waals surface area contributed by atoms with Gasteiger partial charge in [0.1, 0.15) is 0 Å². The molecule has 0 aliphatic carbocycles. The van der Waals surface area contributed by atoms with Crippen LogP contribution in [0, 0.1) is 6.92 Å².